The summed E-state index contributed by atoms with van der Waals surface area (Å²) in [7, 11) is 1.78. The van der Waals surface area contributed by atoms with Gasteiger partial charge < -0.3 is 20.6 Å². The van der Waals surface area contributed by atoms with E-state index in [0.29, 0.717) is 6.04 Å². The zero-order chi connectivity index (χ0) is 11.9. The van der Waals surface area contributed by atoms with Gasteiger partial charge in [0.2, 0.25) is 0 Å². The molecule has 15 heavy (non-hydrogen) atoms. The third-order valence-electron chi connectivity index (χ3n) is 1.63. The number of carboxylic acid groups (broad SMARTS) is 1. The smallest absolute Gasteiger partial charge is 0.290 e. The number of rotatable bonds is 1. The van der Waals surface area contributed by atoms with Crippen LogP contribution in [0.15, 0.2) is 4.99 Å². The average molecular weight is 218 g/mol. The number of hydrogen-bond acceptors (Lipinski definition) is 4. The monoisotopic (exact) mass is 218 g/mol. The molecule has 0 aromatic carbocycles. The summed E-state index contributed by atoms with van der Waals surface area (Å²) >= 11 is 0. The second kappa shape index (κ2) is 15.5. The van der Waals surface area contributed by atoms with Crippen molar-refractivity contribution in [2.24, 2.45) is 10.7 Å². The van der Waals surface area contributed by atoms with Crippen molar-refractivity contribution < 1.29 is 14.6 Å². The second-order valence-electron chi connectivity index (χ2n) is 2.90. The van der Waals surface area contributed by atoms with Crippen LogP contribution in [0.1, 0.15) is 26.2 Å². The molecule has 1 heterocycles. The normalized spacial score (nSPS) is 15.9. The van der Waals surface area contributed by atoms with Crippen molar-refractivity contribution in [1.29, 1.82) is 0 Å². The van der Waals surface area contributed by atoms with Gasteiger partial charge in [-0.25, -0.2) is 0 Å². The Labute approximate surface area is 91.3 Å². The van der Waals surface area contributed by atoms with Gasteiger partial charge in [0, 0.05) is 26.3 Å². The zero-order valence-electron chi connectivity index (χ0n) is 9.56. The van der Waals surface area contributed by atoms with Gasteiger partial charge >= 0.3 is 0 Å². The highest BCUT2D eigenvalue weighted by atomic mass is 16.5. The molecule has 0 bridgehead atoms. The molecule has 3 N–H and O–H groups in total. The molecule has 0 aromatic heterocycles. The number of nitrogens with zero attached hydrogens (tertiary/aromatic N) is 1. The maximum atomic E-state index is 8.36. The molecule has 0 radical (unpaired) electrons. The highest BCUT2D eigenvalue weighted by molar-refractivity contribution is 5.56. The van der Waals surface area contributed by atoms with E-state index < -0.39 is 0 Å². The minimum Gasteiger partial charge on any atom is -0.483 e. The highest BCUT2D eigenvalue weighted by Crippen LogP contribution is 2.01. The average Bonchev–Trinajstić information content (AvgIpc) is 2.22. The molecule has 90 valence electrons. The summed E-state index contributed by atoms with van der Waals surface area (Å²) in [6.07, 6.45) is 5.01. The minimum atomic E-state index is -0.250. The molecule has 0 saturated carbocycles. The third kappa shape index (κ3) is 19.5. The van der Waals surface area contributed by atoms with Crippen LogP contribution in [0, 0.1) is 0 Å². The predicted octanol–water partition coefficient (Wildman–Crippen LogP) is 0.922. The van der Waals surface area contributed by atoms with Gasteiger partial charge in [0.05, 0.1) is 0 Å². The van der Waals surface area contributed by atoms with Crippen LogP contribution < -0.4 is 5.73 Å². The molecule has 1 aliphatic heterocycles. The lowest BCUT2D eigenvalue weighted by molar-refractivity contribution is -0.122. The first kappa shape index (κ1) is 16.5. The second-order valence-corrected chi connectivity index (χ2v) is 2.90. The van der Waals surface area contributed by atoms with Crippen molar-refractivity contribution in [2.45, 2.75) is 32.2 Å². The van der Waals surface area contributed by atoms with E-state index in [1.165, 1.54) is 0 Å². The van der Waals surface area contributed by atoms with Crippen molar-refractivity contribution in [1.82, 2.24) is 0 Å². The van der Waals surface area contributed by atoms with Gasteiger partial charge in [-0.3, -0.25) is 4.79 Å². The van der Waals surface area contributed by atoms with Crippen molar-refractivity contribution in [3.63, 3.8) is 0 Å². The Morgan fingerprint density at radius 3 is 2.13 bits per heavy atom. The van der Waals surface area contributed by atoms with Crippen molar-refractivity contribution in [3.05, 3.63) is 0 Å². The molecule has 0 atom stereocenters. The first-order valence-electron chi connectivity index (χ1n) is 5.04. The fourth-order valence-corrected chi connectivity index (χ4v) is 0.898. The fourth-order valence-electron chi connectivity index (χ4n) is 0.898. The summed E-state index contributed by atoms with van der Waals surface area (Å²) in [5.74, 6) is 0. The molecule has 1 fully saturated rings. The molecule has 5 nitrogen and oxygen atoms in total. The standard InChI is InChI=1S/C5H11NO.C4H9N.CH2O2/c6-5-1-3-7-4-2-5;1-3-4-5-2;2-1-3/h5H,1-4,6H2;4H,3H2,1-2H3;1H,(H,2,3). The van der Waals surface area contributed by atoms with Crippen molar-refractivity contribution in [2.75, 3.05) is 20.3 Å². The van der Waals surface area contributed by atoms with Crippen LogP contribution in [0.3, 0.4) is 0 Å². The van der Waals surface area contributed by atoms with Gasteiger partial charge in [-0.15, -0.1) is 0 Å². The highest BCUT2D eigenvalue weighted by Gasteiger charge is 2.06. The van der Waals surface area contributed by atoms with Crippen LogP contribution >= 0.6 is 0 Å². The molecule has 1 aliphatic rings. The van der Waals surface area contributed by atoms with Gasteiger partial charge in [-0.2, -0.15) is 0 Å². The maximum Gasteiger partial charge on any atom is 0.290 e. The SMILES string of the molecule is CCC=NC.NC1CCOCC1.O=CO. The quantitative estimate of drug-likeness (QED) is 0.506. The lowest BCUT2D eigenvalue weighted by Gasteiger charge is -2.16. The van der Waals surface area contributed by atoms with Crippen LogP contribution in [0.5, 0.6) is 0 Å². The molecular formula is C10H22N2O3. The van der Waals surface area contributed by atoms with E-state index in [2.05, 4.69) is 11.9 Å². The molecule has 0 aromatic rings. The molecule has 1 rings (SSSR count). The largest absolute Gasteiger partial charge is 0.483 e. The first-order valence-corrected chi connectivity index (χ1v) is 5.04. The lowest BCUT2D eigenvalue weighted by Crippen LogP contribution is -2.28. The fraction of sp³-hybridized carbons (Fsp3) is 0.800. The summed E-state index contributed by atoms with van der Waals surface area (Å²) in [6, 6.07) is 0.411. The lowest BCUT2D eigenvalue weighted by atomic mass is 10.1. The molecule has 0 amide bonds. The Kier molecular flexibility index (Phi) is 17.1. The third-order valence-corrected chi connectivity index (χ3v) is 1.63. The van der Waals surface area contributed by atoms with E-state index in [9.17, 15) is 0 Å². The van der Waals surface area contributed by atoms with Crippen LogP contribution in [0.2, 0.25) is 0 Å². The van der Waals surface area contributed by atoms with Gasteiger partial charge in [0.25, 0.3) is 6.47 Å². The number of nitrogens with two attached hydrogens (primary N) is 1. The van der Waals surface area contributed by atoms with E-state index >= 15 is 0 Å². The number of ether oxygens (including phenoxy) is 1. The first-order chi connectivity index (χ1) is 7.22. The Morgan fingerprint density at radius 2 is 2.00 bits per heavy atom. The number of carbonyl (C=O) groups is 1. The van der Waals surface area contributed by atoms with E-state index in [1.54, 1.807) is 7.05 Å². The number of hydrogen-bond donors (Lipinski definition) is 2. The molecule has 0 aliphatic carbocycles. The van der Waals surface area contributed by atoms with Crippen LogP contribution in [0.25, 0.3) is 0 Å². The Morgan fingerprint density at radius 1 is 1.53 bits per heavy atom. The summed E-state index contributed by atoms with van der Waals surface area (Å²) in [4.78, 5) is 12.1. The summed E-state index contributed by atoms with van der Waals surface area (Å²) in [6.45, 7) is 3.54. The topological polar surface area (TPSA) is 84.9 Å². The van der Waals surface area contributed by atoms with Crippen molar-refractivity contribution >= 4 is 12.7 Å². The molecule has 0 spiro atoms. The van der Waals surface area contributed by atoms with E-state index in [1.807, 2.05) is 6.21 Å². The molecule has 1 saturated heterocycles. The predicted molar refractivity (Wildman–Crippen MR) is 61.4 cm³/mol. The number of aliphatic imine (C=N–C) groups is 1. The maximum absolute atomic E-state index is 8.36. The minimum absolute atomic E-state index is 0.250. The van der Waals surface area contributed by atoms with Crippen LogP contribution in [-0.2, 0) is 9.53 Å². The summed E-state index contributed by atoms with van der Waals surface area (Å²) in [5.41, 5.74) is 5.55. The molecule has 5 heteroatoms. The Hall–Kier alpha value is -0.940. The van der Waals surface area contributed by atoms with Crippen LogP contribution in [0.4, 0.5) is 0 Å². The summed E-state index contributed by atoms with van der Waals surface area (Å²) < 4.78 is 5.06. The van der Waals surface area contributed by atoms with Gasteiger partial charge in [0.15, 0.2) is 0 Å². The molecular weight excluding hydrogens is 196 g/mol. The Bertz CT molecular complexity index is 146. The van der Waals surface area contributed by atoms with Gasteiger partial charge in [-0.1, -0.05) is 6.92 Å². The van der Waals surface area contributed by atoms with E-state index in [0.717, 1.165) is 32.5 Å². The van der Waals surface area contributed by atoms with Crippen LogP contribution in [-0.4, -0.2) is 44.1 Å². The van der Waals surface area contributed by atoms with E-state index in [4.69, 9.17) is 20.4 Å². The van der Waals surface area contributed by atoms with Gasteiger partial charge in [-0.05, 0) is 25.5 Å². The Balaban J connectivity index is 0. The van der Waals surface area contributed by atoms with Gasteiger partial charge in [0.1, 0.15) is 0 Å². The summed E-state index contributed by atoms with van der Waals surface area (Å²) in [5, 5.41) is 6.89. The molecule has 0 unspecified atom stereocenters. The van der Waals surface area contributed by atoms with Crippen molar-refractivity contribution in [3.8, 4) is 0 Å². The van der Waals surface area contributed by atoms with E-state index in [-0.39, 0.29) is 6.47 Å². The zero-order valence-corrected chi connectivity index (χ0v) is 9.56.